The number of alkyl halides is 1. The molecule has 1 atom stereocenters. The summed E-state index contributed by atoms with van der Waals surface area (Å²) in [6, 6.07) is 13.9. The summed E-state index contributed by atoms with van der Waals surface area (Å²) < 4.78 is 10.6. The second-order valence-corrected chi connectivity index (χ2v) is 6.12. The Labute approximate surface area is 157 Å². The van der Waals surface area contributed by atoms with Crippen molar-refractivity contribution in [3.05, 3.63) is 54.1 Å². The number of nitrogens with one attached hydrogen (secondary N) is 2. The van der Waals surface area contributed by atoms with E-state index in [0.29, 0.717) is 35.9 Å². The van der Waals surface area contributed by atoms with E-state index in [4.69, 9.17) is 21.1 Å². The van der Waals surface area contributed by atoms with Crippen LogP contribution in [0.4, 0.5) is 5.69 Å². The van der Waals surface area contributed by atoms with Gasteiger partial charge in [-0.15, -0.1) is 11.6 Å². The van der Waals surface area contributed by atoms with Crippen LogP contribution in [0.1, 0.15) is 17.3 Å². The van der Waals surface area contributed by atoms with Crippen molar-refractivity contribution in [2.45, 2.75) is 12.3 Å². The molecule has 0 saturated heterocycles. The summed E-state index contributed by atoms with van der Waals surface area (Å²) in [4.78, 5) is 23.6. The molecule has 2 amide bonds. The molecule has 0 saturated carbocycles. The summed E-state index contributed by atoms with van der Waals surface area (Å²) in [5, 5.41) is 4.89. The highest BCUT2D eigenvalue weighted by Crippen LogP contribution is 2.19. The highest BCUT2D eigenvalue weighted by Gasteiger charge is 2.08. The first-order valence-electron chi connectivity index (χ1n) is 8.09. The van der Waals surface area contributed by atoms with Crippen LogP contribution < -0.4 is 20.1 Å². The van der Waals surface area contributed by atoms with Crippen molar-refractivity contribution >= 4 is 29.1 Å². The zero-order chi connectivity index (χ0) is 18.9. The molecular weight excluding hydrogens is 356 g/mol. The number of benzene rings is 2. The van der Waals surface area contributed by atoms with Gasteiger partial charge in [-0.1, -0.05) is 6.07 Å². The van der Waals surface area contributed by atoms with E-state index in [1.54, 1.807) is 62.6 Å². The summed E-state index contributed by atoms with van der Waals surface area (Å²) in [5.41, 5.74) is 1.14. The summed E-state index contributed by atoms with van der Waals surface area (Å²) in [7, 11) is 1.57. The quantitative estimate of drug-likeness (QED) is 0.548. The lowest BCUT2D eigenvalue weighted by atomic mass is 10.2. The van der Waals surface area contributed by atoms with Crippen molar-refractivity contribution in [3.63, 3.8) is 0 Å². The number of amides is 2. The fourth-order valence-electron chi connectivity index (χ4n) is 2.09. The fourth-order valence-corrected chi connectivity index (χ4v) is 2.17. The van der Waals surface area contributed by atoms with Gasteiger partial charge in [0, 0.05) is 17.3 Å². The summed E-state index contributed by atoms with van der Waals surface area (Å²) in [5.74, 6) is 0.808. The van der Waals surface area contributed by atoms with Crippen LogP contribution in [0.15, 0.2) is 48.5 Å². The average molecular weight is 377 g/mol. The van der Waals surface area contributed by atoms with E-state index >= 15 is 0 Å². The Kier molecular flexibility index (Phi) is 7.29. The second kappa shape index (κ2) is 9.68. The number of anilines is 1. The van der Waals surface area contributed by atoms with Crippen molar-refractivity contribution in [2.24, 2.45) is 0 Å². The molecule has 0 fully saturated rings. The zero-order valence-corrected chi connectivity index (χ0v) is 15.4. The van der Waals surface area contributed by atoms with Gasteiger partial charge in [0.15, 0.2) is 0 Å². The van der Waals surface area contributed by atoms with Gasteiger partial charge in [-0.25, -0.2) is 0 Å². The van der Waals surface area contributed by atoms with E-state index in [0.717, 1.165) is 0 Å². The maximum atomic E-state index is 12.3. The number of hydrogen-bond acceptors (Lipinski definition) is 4. The lowest BCUT2D eigenvalue weighted by Gasteiger charge is -2.10. The second-order valence-electron chi connectivity index (χ2n) is 5.47. The molecule has 2 N–H and O–H groups in total. The van der Waals surface area contributed by atoms with Gasteiger partial charge in [0.2, 0.25) is 5.91 Å². The summed E-state index contributed by atoms with van der Waals surface area (Å²) in [6.07, 6.45) is 0. The van der Waals surface area contributed by atoms with E-state index in [1.807, 2.05) is 0 Å². The summed E-state index contributed by atoms with van der Waals surface area (Å²) in [6.45, 7) is 2.25. The standard InChI is InChI=1S/C19H21ClN2O4/c1-13(20)18(23)21-10-11-26-17-5-3-4-15(12-17)22-19(24)14-6-8-16(25-2)9-7-14/h3-9,12-13H,10-11H2,1-2H3,(H,21,23)(H,22,24). The number of rotatable bonds is 8. The van der Waals surface area contributed by atoms with E-state index in [1.165, 1.54) is 0 Å². The Morgan fingerprint density at radius 1 is 1.12 bits per heavy atom. The van der Waals surface area contributed by atoms with Crippen LogP contribution in [0, 0.1) is 0 Å². The third kappa shape index (κ3) is 5.97. The van der Waals surface area contributed by atoms with Gasteiger partial charge in [-0.3, -0.25) is 9.59 Å². The predicted molar refractivity (Wildman–Crippen MR) is 101 cm³/mol. The van der Waals surface area contributed by atoms with Crippen LogP contribution in [0.3, 0.4) is 0 Å². The van der Waals surface area contributed by atoms with Gasteiger partial charge in [-0.05, 0) is 43.3 Å². The number of carbonyl (C=O) groups is 2. The minimum atomic E-state index is -0.577. The minimum Gasteiger partial charge on any atom is -0.497 e. The zero-order valence-electron chi connectivity index (χ0n) is 14.6. The van der Waals surface area contributed by atoms with Gasteiger partial charge in [0.05, 0.1) is 13.7 Å². The number of halogens is 1. The normalized spacial score (nSPS) is 11.3. The molecule has 0 radical (unpaired) electrons. The molecule has 0 aromatic heterocycles. The van der Waals surface area contributed by atoms with Gasteiger partial charge in [0.1, 0.15) is 23.5 Å². The maximum Gasteiger partial charge on any atom is 0.255 e. The molecule has 0 heterocycles. The molecule has 0 spiro atoms. The van der Waals surface area contributed by atoms with E-state index in [-0.39, 0.29) is 11.8 Å². The van der Waals surface area contributed by atoms with Gasteiger partial charge in [0.25, 0.3) is 5.91 Å². The molecule has 7 heteroatoms. The van der Waals surface area contributed by atoms with Crippen molar-refractivity contribution in [1.82, 2.24) is 5.32 Å². The molecule has 138 valence electrons. The highest BCUT2D eigenvalue weighted by molar-refractivity contribution is 6.30. The highest BCUT2D eigenvalue weighted by atomic mass is 35.5. The van der Waals surface area contributed by atoms with Crippen molar-refractivity contribution in [3.8, 4) is 11.5 Å². The number of methoxy groups -OCH3 is 1. The molecule has 0 aliphatic rings. The molecule has 6 nitrogen and oxygen atoms in total. The van der Waals surface area contributed by atoms with Crippen LogP contribution in [0.25, 0.3) is 0 Å². The molecule has 0 aliphatic carbocycles. The van der Waals surface area contributed by atoms with Crippen LogP contribution in [-0.4, -0.2) is 37.5 Å². The molecule has 2 aromatic carbocycles. The van der Waals surface area contributed by atoms with Gasteiger partial charge >= 0.3 is 0 Å². The first kappa shape index (κ1) is 19.6. The predicted octanol–water partition coefficient (Wildman–Crippen LogP) is 3.07. The Balaban J connectivity index is 1.87. The van der Waals surface area contributed by atoms with Crippen LogP contribution in [-0.2, 0) is 4.79 Å². The third-order valence-electron chi connectivity index (χ3n) is 3.48. The topological polar surface area (TPSA) is 76.7 Å². The first-order chi connectivity index (χ1) is 12.5. The lowest BCUT2D eigenvalue weighted by Crippen LogP contribution is -2.32. The smallest absolute Gasteiger partial charge is 0.255 e. The van der Waals surface area contributed by atoms with Gasteiger partial charge < -0.3 is 20.1 Å². The number of ether oxygens (including phenoxy) is 2. The molecule has 0 bridgehead atoms. The van der Waals surface area contributed by atoms with Crippen LogP contribution in [0.2, 0.25) is 0 Å². The fraction of sp³-hybridized carbons (Fsp3) is 0.263. The van der Waals surface area contributed by atoms with Crippen molar-refractivity contribution in [2.75, 3.05) is 25.6 Å². The first-order valence-corrected chi connectivity index (χ1v) is 8.53. The number of carbonyl (C=O) groups excluding carboxylic acids is 2. The van der Waals surface area contributed by atoms with E-state index in [2.05, 4.69) is 10.6 Å². The molecule has 2 rings (SSSR count). The molecule has 2 aromatic rings. The molecular formula is C19H21ClN2O4. The van der Waals surface area contributed by atoms with E-state index in [9.17, 15) is 9.59 Å². The maximum absolute atomic E-state index is 12.3. The SMILES string of the molecule is COc1ccc(C(=O)Nc2cccc(OCCNC(=O)C(C)Cl)c2)cc1. The van der Waals surface area contributed by atoms with E-state index < -0.39 is 5.38 Å². The van der Waals surface area contributed by atoms with Crippen molar-refractivity contribution < 1.29 is 19.1 Å². The van der Waals surface area contributed by atoms with Crippen LogP contribution in [0.5, 0.6) is 11.5 Å². The number of hydrogen-bond donors (Lipinski definition) is 2. The Hall–Kier alpha value is -2.73. The average Bonchev–Trinajstić information content (AvgIpc) is 2.65. The monoisotopic (exact) mass is 376 g/mol. The minimum absolute atomic E-state index is 0.229. The van der Waals surface area contributed by atoms with Crippen LogP contribution >= 0.6 is 11.6 Å². The Bertz CT molecular complexity index is 747. The van der Waals surface area contributed by atoms with Gasteiger partial charge in [-0.2, -0.15) is 0 Å². The Morgan fingerprint density at radius 2 is 1.85 bits per heavy atom. The summed E-state index contributed by atoms with van der Waals surface area (Å²) >= 11 is 5.66. The third-order valence-corrected chi connectivity index (χ3v) is 3.67. The molecule has 1 unspecified atom stereocenters. The largest absolute Gasteiger partial charge is 0.497 e. The molecule has 0 aliphatic heterocycles. The Morgan fingerprint density at radius 3 is 2.50 bits per heavy atom. The lowest BCUT2D eigenvalue weighted by molar-refractivity contribution is -0.120. The molecule has 26 heavy (non-hydrogen) atoms. The van der Waals surface area contributed by atoms with Crippen molar-refractivity contribution in [1.29, 1.82) is 0 Å².